The van der Waals surface area contributed by atoms with E-state index in [4.69, 9.17) is 0 Å². The second-order valence-corrected chi connectivity index (χ2v) is 5.85. The highest BCUT2D eigenvalue weighted by atomic mass is 15.1. The summed E-state index contributed by atoms with van der Waals surface area (Å²) in [5, 5.41) is 3.45. The third kappa shape index (κ3) is 4.63. The molecule has 2 heteroatoms. The lowest BCUT2D eigenvalue weighted by Gasteiger charge is -2.24. The standard InChI is InChI=1S/C17H28N2/c1-3-12-18-13-15-8-10-16(11-9-15)14-19(2)17-6-4-5-7-17/h8-11,17-18H,3-7,12-14H2,1-2H3. The maximum Gasteiger partial charge on any atom is 0.0233 e. The molecule has 0 aliphatic heterocycles. The van der Waals surface area contributed by atoms with Crippen molar-refractivity contribution in [1.82, 2.24) is 10.2 Å². The highest BCUT2D eigenvalue weighted by molar-refractivity contribution is 5.22. The monoisotopic (exact) mass is 260 g/mol. The van der Waals surface area contributed by atoms with Crippen molar-refractivity contribution in [2.24, 2.45) is 0 Å². The summed E-state index contributed by atoms with van der Waals surface area (Å²) in [4.78, 5) is 2.53. The second kappa shape index (κ2) is 7.66. The van der Waals surface area contributed by atoms with Gasteiger partial charge in [-0.1, -0.05) is 44.0 Å². The number of nitrogens with zero attached hydrogens (tertiary/aromatic N) is 1. The Morgan fingerprint density at radius 3 is 2.37 bits per heavy atom. The Bertz CT molecular complexity index is 352. The SMILES string of the molecule is CCCNCc1ccc(CN(C)C2CCCC2)cc1. The van der Waals surface area contributed by atoms with Crippen molar-refractivity contribution >= 4 is 0 Å². The highest BCUT2D eigenvalue weighted by Crippen LogP contribution is 2.23. The summed E-state index contributed by atoms with van der Waals surface area (Å²) in [6.07, 6.45) is 6.80. The van der Waals surface area contributed by atoms with Crippen LogP contribution in [0.3, 0.4) is 0 Å². The molecule has 19 heavy (non-hydrogen) atoms. The van der Waals surface area contributed by atoms with Gasteiger partial charge in [0.25, 0.3) is 0 Å². The Labute approximate surface area is 118 Å². The molecule has 0 atom stereocenters. The van der Waals surface area contributed by atoms with E-state index >= 15 is 0 Å². The fraction of sp³-hybridized carbons (Fsp3) is 0.647. The molecule has 1 fully saturated rings. The van der Waals surface area contributed by atoms with Gasteiger partial charge in [-0.2, -0.15) is 0 Å². The molecule has 1 aromatic carbocycles. The van der Waals surface area contributed by atoms with Crippen molar-refractivity contribution < 1.29 is 0 Å². The van der Waals surface area contributed by atoms with Gasteiger partial charge in [-0.05, 0) is 44.0 Å². The molecule has 0 heterocycles. The predicted octanol–water partition coefficient (Wildman–Crippen LogP) is 3.56. The summed E-state index contributed by atoms with van der Waals surface area (Å²) in [6, 6.07) is 9.91. The van der Waals surface area contributed by atoms with Gasteiger partial charge in [-0.25, -0.2) is 0 Å². The van der Waals surface area contributed by atoms with E-state index in [1.165, 1.54) is 43.2 Å². The molecule has 2 rings (SSSR count). The average Bonchev–Trinajstić information content (AvgIpc) is 2.95. The third-order valence-electron chi connectivity index (χ3n) is 4.16. The van der Waals surface area contributed by atoms with Crippen LogP contribution in [-0.2, 0) is 13.1 Å². The smallest absolute Gasteiger partial charge is 0.0233 e. The number of benzene rings is 1. The average molecular weight is 260 g/mol. The lowest BCUT2D eigenvalue weighted by Crippen LogP contribution is -2.28. The van der Waals surface area contributed by atoms with Gasteiger partial charge in [0.15, 0.2) is 0 Å². The molecule has 1 N–H and O–H groups in total. The van der Waals surface area contributed by atoms with Crippen LogP contribution in [0.5, 0.6) is 0 Å². The van der Waals surface area contributed by atoms with Crippen LogP contribution in [-0.4, -0.2) is 24.5 Å². The number of rotatable bonds is 7. The van der Waals surface area contributed by atoms with Crippen LogP contribution in [0.4, 0.5) is 0 Å². The van der Waals surface area contributed by atoms with Crippen LogP contribution in [0.25, 0.3) is 0 Å². The minimum atomic E-state index is 0.811. The summed E-state index contributed by atoms with van der Waals surface area (Å²) < 4.78 is 0. The summed E-state index contributed by atoms with van der Waals surface area (Å²) in [5.41, 5.74) is 2.83. The first-order valence-corrected chi connectivity index (χ1v) is 7.78. The normalized spacial score (nSPS) is 16.4. The zero-order valence-corrected chi connectivity index (χ0v) is 12.5. The fourth-order valence-corrected chi connectivity index (χ4v) is 2.93. The molecule has 0 unspecified atom stereocenters. The molecule has 0 spiro atoms. The predicted molar refractivity (Wildman–Crippen MR) is 82.2 cm³/mol. The van der Waals surface area contributed by atoms with E-state index in [0.717, 1.165) is 25.7 Å². The van der Waals surface area contributed by atoms with Crippen molar-refractivity contribution in [3.63, 3.8) is 0 Å². The summed E-state index contributed by atoms with van der Waals surface area (Å²) in [6.45, 7) is 5.39. The molecular weight excluding hydrogens is 232 g/mol. The summed E-state index contributed by atoms with van der Waals surface area (Å²) >= 11 is 0. The van der Waals surface area contributed by atoms with Gasteiger partial charge in [-0.15, -0.1) is 0 Å². The Morgan fingerprint density at radius 1 is 1.11 bits per heavy atom. The highest BCUT2D eigenvalue weighted by Gasteiger charge is 2.19. The molecule has 0 saturated heterocycles. The molecule has 2 nitrogen and oxygen atoms in total. The molecule has 0 aromatic heterocycles. The Balaban J connectivity index is 1.80. The number of hydrogen-bond donors (Lipinski definition) is 1. The van der Waals surface area contributed by atoms with Gasteiger partial charge in [0, 0.05) is 19.1 Å². The van der Waals surface area contributed by atoms with E-state index in [-0.39, 0.29) is 0 Å². The first kappa shape index (κ1) is 14.5. The van der Waals surface area contributed by atoms with Gasteiger partial charge in [-0.3, -0.25) is 4.90 Å². The quantitative estimate of drug-likeness (QED) is 0.754. The van der Waals surface area contributed by atoms with Crippen molar-refractivity contribution in [2.75, 3.05) is 13.6 Å². The molecule has 0 radical (unpaired) electrons. The second-order valence-electron chi connectivity index (χ2n) is 5.85. The number of hydrogen-bond acceptors (Lipinski definition) is 2. The van der Waals surface area contributed by atoms with E-state index in [1.807, 2.05) is 0 Å². The lowest BCUT2D eigenvalue weighted by atomic mass is 10.1. The van der Waals surface area contributed by atoms with Gasteiger partial charge in [0.1, 0.15) is 0 Å². The zero-order chi connectivity index (χ0) is 13.5. The first-order valence-electron chi connectivity index (χ1n) is 7.78. The summed E-state index contributed by atoms with van der Waals surface area (Å²) in [5.74, 6) is 0. The third-order valence-corrected chi connectivity index (χ3v) is 4.16. The maximum absolute atomic E-state index is 3.45. The van der Waals surface area contributed by atoms with Crippen LogP contribution < -0.4 is 5.32 Å². The molecule has 1 aromatic rings. The minimum absolute atomic E-state index is 0.811. The van der Waals surface area contributed by atoms with Crippen LogP contribution in [0.15, 0.2) is 24.3 Å². The molecule has 0 bridgehead atoms. The maximum atomic E-state index is 3.45. The van der Waals surface area contributed by atoms with E-state index in [1.54, 1.807) is 0 Å². The van der Waals surface area contributed by atoms with Crippen molar-refractivity contribution in [3.05, 3.63) is 35.4 Å². The number of nitrogens with one attached hydrogen (secondary N) is 1. The molecule has 106 valence electrons. The van der Waals surface area contributed by atoms with Crippen LogP contribution in [0.2, 0.25) is 0 Å². The van der Waals surface area contributed by atoms with Gasteiger partial charge >= 0.3 is 0 Å². The summed E-state index contributed by atoms with van der Waals surface area (Å²) in [7, 11) is 2.27. The van der Waals surface area contributed by atoms with Crippen LogP contribution in [0, 0.1) is 0 Å². The first-order chi connectivity index (χ1) is 9.29. The minimum Gasteiger partial charge on any atom is -0.313 e. The van der Waals surface area contributed by atoms with E-state index < -0.39 is 0 Å². The molecule has 1 aliphatic rings. The molecule has 0 amide bonds. The van der Waals surface area contributed by atoms with Crippen molar-refractivity contribution in [1.29, 1.82) is 0 Å². The van der Waals surface area contributed by atoms with Crippen LogP contribution in [0.1, 0.15) is 50.2 Å². The van der Waals surface area contributed by atoms with E-state index in [0.29, 0.717) is 0 Å². The molecule has 1 saturated carbocycles. The fourth-order valence-electron chi connectivity index (χ4n) is 2.93. The molecular formula is C17H28N2. The lowest BCUT2D eigenvalue weighted by molar-refractivity contribution is 0.237. The van der Waals surface area contributed by atoms with E-state index in [2.05, 4.69) is 48.5 Å². The Kier molecular flexibility index (Phi) is 5.87. The van der Waals surface area contributed by atoms with Gasteiger partial charge in [0.05, 0.1) is 0 Å². The van der Waals surface area contributed by atoms with Gasteiger partial charge in [0.2, 0.25) is 0 Å². The Hall–Kier alpha value is -0.860. The molecule has 1 aliphatic carbocycles. The van der Waals surface area contributed by atoms with Gasteiger partial charge < -0.3 is 5.32 Å². The zero-order valence-electron chi connectivity index (χ0n) is 12.5. The largest absolute Gasteiger partial charge is 0.313 e. The van der Waals surface area contributed by atoms with Crippen molar-refractivity contribution in [3.8, 4) is 0 Å². The van der Waals surface area contributed by atoms with Crippen molar-refractivity contribution in [2.45, 2.75) is 58.2 Å². The van der Waals surface area contributed by atoms with E-state index in [9.17, 15) is 0 Å². The topological polar surface area (TPSA) is 15.3 Å². The Morgan fingerprint density at radius 2 is 1.74 bits per heavy atom. The van der Waals surface area contributed by atoms with Crippen LogP contribution >= 0.6 is 0 Å².